The van der Waals surface area contributed by atoms with Gasteiger partial charge in [0.25, 0.3) is 0 Å². The maximum atomic E-state index is 11.6. The number of Topliss-reactive ketones (excluding diaryl/α,β-unsaturated/α-hetero) is 1. The molecule has 0 spiro atoms. The van der Waals surface area contributed by atoms with Gasteiger partial charge in [-0.1, -0.05) is 25.3 Å². The van der Waals surface area contributed by atoms with Gasteiger partial charge in [0, 0.05) is 11.8 Å². The Morgan fingerprint density at radius 3 is 2.75 bits per heavy atom. The van der Waals surface area contributed by atoms with Crippen LogP contribution >= 0.6 is 0 Å². The molecule has 0 aromatic carbocycles. The van der Waals surface area contributed by atoms with Crippen LogP contribution in [-0.2, 0) is 16.1 Å². The number of allylic oxidation sites excluding steroid dienone is 3. The smallest absolute Gasteiger partial charge is 0.412 e. The number of ether oxygens (including phenoxy) is 1. The van der Waals surface area contributed by atoms with Crippen LogP contribution < -0.4 is 5.32 Å². The third-order valence-electron chi connectivity index (χ3n) is 2.35. The Bertz CT molecular complexity index is 547. The van der Waals surface area contributed by atoms with Gasteiger partial charge < -0.3 is 4.74 Å². The van der Waals surface area contributed by atoms with Gasteiger partial charge in [-0.3, -0.25) is 15.1 Å². The van der Waals surface area contributed by atoms with Gasteiger partial charge in [0.1, 0.15) is 6.61 Å². The SMILES string of the molecule is C=C/C=C(/NC(=O)OCc1ccccn1)C(=C)C(C)=O. The van der Waals surface area contributed by atoms with E-state index in [0.717, 1.165) is 0 Å². The number of amides is 1. The Morgan fingerprint density at radius 1 is 1.45 bits per heavy atom. The highest BCUT2D eigenvalue weighted by Crippen LogP contribution is 2.06. The molecule has 1 heterocycles. The van der Waals surface area contributed by atoms with Crippen molar-refractivity contribution >= 4 is 11.9 Å². The van der Waals surface area contributed by atoms with Gasteiger partial charge in [0.2, 0.25) is 0 Å². The summed E-state index contributed by atoms with van der Waals surface area (Å²) >= 11 is 0. The zero-order valence-electron chi connectivity index (χ0n) is 11.3. The molecule has 0 aliphatic carbocycles. The second-order valence-electron chi connectivity index (χ2n) is 3.87. The summed E-state index contributed by atoms with van der Waals surface area (Å²) in [4.78, 5) is 26.9. The lowest BCUT2D eigenvalue weighted by Crippen LogP contribution is -2.26. The second-order valence-corrected chi connectivity index (χ2v) is 3.87. The van der Waals surface area contributed by atoms with E-state index >= 15 is 0 Å². The van der Waals surface area contributed by atoms with Crippen LogP contribution in [-0.4, -0.2) is 16.9 Å². The number of ketones is 1. The number of hydrogen-bond donors (Lipinski definition) is 1. The monoisotopic (exact) mass is 272 g/mol. The van der Waals surface area contributed by atoms with E-state index in [1.807, 2.05) is 0 Å². The van der Waals surface area contributed by atoms with Crippen LogP contribution in [0.15, 0.2) is 61.0 Å². The van der Waals surface area contributed by atoms with Crippen LogP contribution in [0.3, 0.4) is 0 Å². The van der Waals surface area contributed by atoms with Crippen molar-refractivity contribution in [1.82, 2.24) is 10.3 Å². The van der Waals surface area contributed by atoms with Gasteiger partial charge in [-0.2, -0.15) is 0 Å². The molecule has 1 aromatic heterocycles. The number of alkyl carbamates (subject to hydrolysis) is 1. The van der Waals surface area contributed by atoms with Crippen molar-refractivity contribution < 1.29 is 14.3 Å². The highest BCUT2D eigenvalue weighted by molar-refractivity contribution is 5.97. The Hall–Kier alpha value is -2.69. The molecule has 0 saturated heterocycles. The number of nitrogens with zero attached hydrogens (tertiary/aromatic N) is 1. The van der Waals surface area contributed by atoms with Crippen molar-refractivity contribution in [3.8, 4) is 0 Å². The molecule has 1 amide bonds. The van der Waals surface area contributed by atoms with Crippen LogP contribution in [0.25, 0.3) is 0 Å². The lowest BCUT2D eigenvalue weighted by Gasteiger charge is -2.10. The van der Waals surface area contributed by atoms with Gasteiger partial charge in [-0.05, 0) is 25.1 Å². The van der Waals surface area contributed by atoms with E-state index in [1.54, 1.807) is 24.4 Å². The van der Waals surface area contributed by atoms with E-state index in [0.29, 0.717) is 5.69 Å². The predicted molar refractivity (Wildman–Crippen MR) is 75.7 cm³/mol. The fraction of sp³-hybridized carbons (Fsp3) is 0.133. The first-order valence-electron chi connectivity index (χ1n) is 5.91. The molecule has 0 fully saturated rings. The Labute approximate surface area is 117 Å². The highest BCUT2D eigenvalue weighted by Gasteiger charge is 2.11. The van der Waals surface area contributed by atoms with Crippen LogP contribution in [0.4, 0.5) is 4.79 Å². The summed E-state index contributed by atoms with van der Waals surface area (Å²) < 4.78 is 4.99. The minimum Gasteiger partial charge on any atom is -0.443 e. The molecule has 0 aliphatic rings. The fourth-order valence-electron chi connectivity index (χ4n) is 1.29. The van der Waals surface area contributed by atoms with Crippen molar-refractivity contribution in [2.24, 2.45) is 0 Å². The van der Waals surface area contributed by atoms with Gasteiger partial charge in [0.15, 0.2) is 5.78 Å². The molecule has 0 atom stereocenters. The molecule has 1 N–H and O–H groups in total. The lowest BCUT2D eigenvalue weighted by molar-refractivity contribution is -0.113. The first-order chi connectivity index (χ1) is 9.54. The van der Waals surface area contributed by atoms with Crippen molar-refractivity contribution in [2.75, 3.05) is 0 Å². The van der Waals surface area contributed by atoms with Crippen molar-refractivity contribution in [2.45, 2.75) is 13.5 Å². The lowest BCUT2D eigenvalue weighted by atomic mass is 10.1. The molecule has 1 rings (SSSR count). The fourth-order valence-corrected chi connectivity index (χ4v) is 1.29. The average Bonchev–Trinajstić information content (AvgIpc) is 2.45. The normalized spacial score (nSPS) is 10.6. The maximum Gasteiger partial charge on any atom is 0.412 e. The predicted octanol–water partition coefficient (Wildman–Crippen LogP) is 2.52. The van der Waals surface area contributed by atoms with Crippen LogP contribution in [0.1, 0.15) is 12.6 Å². The van der Waals surface area contributed by atoms with Crippen LogP contribution in [0, 0.1) is 0 Å². The number of rotatable bonds is 6. The first-order valence-corrected chi connectivity index (χ1v) is 5.91. The van der Waals surface area contributed by atoms with Crippen LogP contribution in [0.5, 0.6) is 0 Å². The molecule has 5 nitrogen and oxygen atoms in total. The van der Waals surface area contributed by atoms with E-state index < -0.39 is 6.09 Å². The molecule has 0 unspecified atom stereocenters. The number of pyridine rings is 1. The summed E-state index contributed by atoms with van der Waals surface area (Å²) in [5.41, 5.74) is 1.07. The molecular weight excluding hydrogens is 256 g/mol. The van der Waals surface area contributed by atoms with Gasteiger partial charge in [-0.25, -0.2) is 4.79 Å². The van der Waals surface area contributed by atoms with E-state index in [-0.39, 0.29) is 23.7 Å². The molecule has 0 bridgehead atoms. The number of hydrogen-bond acceptors (Lipinski definition) is 4. The summed E-state index contributed by atoms with van der Waals surface area (Å²) in [6.07, 6.45) is 3.84. The van der Waals surface area contributed by atoms with E-state index in [1.165, 1.54) is 19.1 Å². The Balaban J connectivity index is 2.59. The van der Waals surface area contributed by atoms with E-state index in [9.17, 15) is 9.59 Å². The highest BCUT2D eigenvalue weighted by atomic mass is 16.5. The molecule has 0 aliphatic heterocycles. The van der Waals surface area contributed by atoms with E-state index in [4.69, 9.17) is 4.74 Å². The molecule has 5 heteroatoms. The second kappa shape index (κ2) is 7.68. The topological polar surface area (TPSA) is 68.3 Å². The molecule has 104 valence electrons. The summed E-state index contributed by atoms with van der Waals surface area (Å²) in [6.45, 7) is 8.51. The summed E-state index contributed by atoms with van der Waals surface area (Å²) in [5, 5.41) is 2.45. The molecule has 1 aromatic rings. The Kier molecular flexibility index (Phi) is 5.90. The molecule has 0 saturated carbocycles. The molecule has 20 heavy (non-hydrogen) atoms. The zero-order valence-corrected chi connectivity index (χ0v) is 11.3. The minimum atomic E-state index is -0.689. The van der Waals surface area contributed by atoms with Crippen molar-refractivity contribution in [3.63, 3.8) is 0 Å². The minimum absolute atomic E-state index is 0.0423. The van der Waals surface area contributed by atoms with E-state index in [2.05, 4.69) is 23.5 Å². The number of carbonyl (C=O) groups is 2. The third-order valence-corrected chi connectivity index (χ3v) is 2.35. The quantitative estimate of drug-likeness (QED) is 0.638. The zero-order chi connectivity index (χ0) is 15.0. The third kappa shape index (κ3) is 4.89. The van der Waals surface area contributed by atoms with Gasteiger partial charge >= 0.3 is 6.09 Å². The number of aromatic nitrogens is 1. The summed E-state index contributed by atoms with van der Waals surface area (Å²) in [5.74, 6) is -0.247. The summed E-state index contributed by atoms with van der Waals surface area (Å²) in [6, 6.07) is 5.30. The standard InChI is InChI=1S/C15H16N2O3/c1-4-7-14(11(2)12(3)18)17-15(19)20-10-13-8-5-6-9-16-13/h4-9H,1-2,10H2,3H3,(H,17,19)/b14-7+. The number of nitrogens with one attached hydrogen (secondary N) is 1. The largest absolute Gasteiger partial charge is 0.443 e. The number of carbonyl (C=O) groups excluding carboxylic acids is 2. The van der Waals surface area contributed by atoms with Crippen molar-refractivity contribution in [1.29, 1.82) is 0 Å². The van der Waals surface area contributed by atoms with Crippen LogP contribution in [0.2, 0.25) is 0 Å². The summed E-state index contributed by atoms with van der Waals surface area (Å²) in [7, 11) is 0. The average molecular weight is 272 g/mol. The first kappa shape index (κ1) is 15.4. The maximum absolute atomic E-state index is 11.6. The Morgan fingerprint density at radius 2 is 2.20 bits per heavy atom. The van der Waals surface area contributed by atoms with Crippen molar-refractivity contribution in [3.05, 3.63) is 66.7 Å². The van der Waals surface area contributed by atoms with Gasteiger partial charge in [0.05, 0.1) is 11.4 Å². The molecular formula is C15H16N2O3. The van der Waals surface area contributed by atoms with Gasteiger partial charge in [-0.15, -0.1) is 0 Å². The molecule has 0 radical (unpaired) electrons.